The third-order valence-corrected chi connectivity index (χ3v) is 4.89. The molecule has 2 nitrogen and oxygen atoms in total. The van der Waals surface area contributed by atoms with Gasteiger partial charge in [-0.25, -0.2) is 4.79 Å². The maximum atomic E-state index is 11.6. The molecule has 2 aromatic carbocycles. The average molecular weight is 336 g/mol. The van der Waals surface area contributed by atoms with Crippen molar-refractivity contribution in [1.29, 1.82) is 0 Å². The Morgan fingerprint density at radius 2 is 1.92 bits per heavy atom. The Hall–Kier alpha value is -2.39. The van der Waals surface area contributed by atoms with Crippen molar-refractivity contribution >= 4 is 34.2 Å². The van der Waals surface area contributed by atoms with Gasteiger partial charge in [-0.15, -0.1) is 11.3 Å². The number of rotatable bonds is 6. The smallest absolute Gasteiger partial charge is 0.330 e. The van der Waals surface area contributed by atoms with Crippen LogP contribution < -0.4 is 0 Å². The molecule has 0 aliphatic heterocycles. The van der Waals surface area contributed by atoms with Gasteiger partial charge in [0.05, 0.1) is 6.61 Å². The van der Waals surface area contributed by atoms with Crippen LogP contribution in [0.1, 0.15) is 24.6 Å². The van der Waals surface area contributed by atoms with E-state index in [2.05, 4.69) is 55.5 Å². The molecule has 0 saturated carbocycles. The van der Waals surface area contributed by atoms with Crippen LogP contribution in [0.5, 0.6) is 0 Å². The van der Waals surface area contributed by atoms with E-state index in [0.29, 0.717) is 6.61 Å². The Kier molecular flexibility index (Phi) is 5.44. The number of carbonyl (C=O) groups is 1. The summed E-state index contributed by atoms with van der Waals surface area (Å²) in [6, 6.07) is 18.9. The second-order valence-corrected chi connectivity index (χ2v) is 6.70. The normalized spacial score (nSPS) is 11.2. The number of ether oxygens (including phenoxy) is 1. The summed E-state index contributed by atoms with van der Waals surface area (Å²) < 4.78 is 5.13. The van der Waals surface area contributed by atoms with Crippen LogP contribution in [0.3, 0.4) is 0 Å². The molecule has 0 saturated heterocycles. The van der Waals surface area contributed by atoms with E-state index in [4.69, 9.17) is 4.74 Å². The lowest BCUT2D eigenvalue weighted by atomic mass is 10.0. The van der Waals surface area contributed by atoms with Crippen LogP contribution in [0, 0.1) is 0 Å². The topological polar surface area (TPSA) is 26.3 Å². The van der Waals surface area contributed by atoms with Gasteiger partial charge >= 0.3 is 5.97 Å². The van der Waals surface area contributed by atoms with Crippen molar-refractivity contribution < 1.29 is 9.53 Å². The van der Waals surface area contributed by atoms with Gasteiger partial charge in [-0.1, -0.05) is 55.8 Å². The highest BCUT2D eigenvalue weighted by atomic mass is 32.1. The number of esters is 1. The standard InChI is InChI=1S/C21H20O2S/c1-2-3-15-23-21(22)14-12-17-11-13-20(24-17)19-10-6-8-16-7-4-5-9-18(16)19/h4-14H,2-3,15H2,1H3/b14-12+. The van der Waals surface area contributed by atoms with Gasteiger partial charge in [0.1, 0.15) is 0 Å². The summed E-state index contributed by atoms with van der Waals surface area (Å²) in [7, 11) is 0. The summed E-state index contributed by atoms with van der Waals surface area (Å²) in [6.07, 6.45) is 5.27. The Balaban J connectivity index is 1.77. The maximum Gasteiger partial charge on any atom is 0.330 e. The molecule has 1 heterocycles. The van der Waals surface area contributed by atoms with Crippen molar-refractivity contribution in [3.63, 3.8) is 0 Å². The van der Waals surface area contributed by atoms with Gasteiger partial charge in [-0.05, 0) is 41.0 Å². The molecule has 0 fully saturated rings. The highest BCUT2D eigenvalue weighted by molar-refractivity contribution is 7.16. The minimum absolute atomic E-state index is 0.274. The Labute approximate surface area is 146 Å². The molecular weight excluding hydrogens is 316 g/mol. The number of thiophene rings is 1. The van der Waals surface area contributed by atoms with Gasteiger partial charge in [0.15, 0.2) is 0 Å². The number of hydrogen-bond donors (Lipinski definition) is 0. The predicted octanol–water partition coefficient (Wildman–Crippen LogP) is 5.92. The van der Waals surface area contributed by atoms with E-state index in [1.807, 2.05) is 12.1 Å². The van der Waals surface area contributed by atoms with E-state index >= 15 is 0 Å². The first-order chi connectivity index (χ1) is 11.8. The van der Waals surface area contributed by atoms with Crippen LogP contribution in [0.15, 0.2) is 60.7 Å². The molecule has 0 N–H and O–H groups in total. The van der Waals surface area contributed by atoms with E-state index in [1.165, 1.54) is 27.3 Å². The fraction of sp³-hybridized carbons (Fsp3) is 0.190. The monoisotopic (exact) mass is 336 g/mol. The van der Waals surface area contributed by atoms with Crippen LogP contribution in [-0.2, 0) is 9.53 Å². The van der Waals surface area contributed by atoms with E-state index in [9.17, 15) is 4.79 Å². The van der Waals surface area contributed by atoms with Crippen molar-refractivity contribution in [2.45, 2.75) is 19.8 Å². The summed E-state index contributed by atoms with van der Waals surface area (Å²) in [5.74, 6) is -0.274. The van der Waals surface area contributed by atoms with E-state index in [-0.39, 0.29) is 5.97 Å². The zero-order chi connectivity index (χ0) is 16.8. The van der Waals surface area contributed by atoms with Gasteiger partial charge in [0, 0.05) is 15.8 Å². The first-order valence-electron chi connectivity index (χ1n) is 8.21. The average Bonchev–Trinajstić information content (AvgIpc) is 3.08. The van der Waals surface area contributed by atoms with Crippen LogP contribution in [0.2, 0.25) is 0 Å². The maximum absolute atomic E-state index is 11.6. The van der Waals surface area contributed by atoms with Gasteiger partial charge in [0.2, 0.25) is 0 Å². The first kappa shape index (κ1) is 16.5. The van der Waals surface area contributed by atoms with Crippen LogP contribution in [-0.4, -0.2) is 12.6 Å². The first-order valence-corrected chi connectivity index (χ1v) is 9.02. The largest absolute Gasteiger partial charge is 0.463 e. The summed E-state index contributed by atoms with van der Waals surface area (Å²) in [6.45, 7) is 2.56. The predicted molar refractivity (Wildman–Crippen MR) is 102 cm³/mol. The van der Waals surface area contributed by atoms with Crippen molar-refractivity contribution in [1.82, 2.24) is 0 Å². The molecule has 3 aromatic rings. The fourth-order valence-corrected chi connectivity index (χ4v) is 3.49. The molecule has 0 atom stereocenters. The van der Waals surface area contributed by atoms with Gasteiger partial charge < -0.3 is 4.74 Å². The lowest BCUT2D eigenvalue weighted by Gasteiger charge is -2.03. The minimum atomic E-state index is -0.274. The SMILES string of the molecule is CCCCOC(=O)/C=C/c1ccc(-c2cccc3ccccc23)s1. The molecule has 0 bridgehead atoms. The Morgan fingerprint density at radius 1 is 1.08 bits per heavy atom. The van der Waals surface area contributed by atoms with Crippen molar-refractivity contribution in [2.24, 2.45) is 0 Å². The molecule has 1 aromatic heterocycles. The van der Waals surface area contributed by atoms with Gasteiger partial charge in [0.25, 0.3) is 0 Å². The van der Waals surface area contributed by atoms with Crippen molar-refractivity contribution in [2.75, 3.05) is 6.61 Å². The Bertz CT molecular complexity index is 856. The Morgan fingerprint density at radius 3 is 2.79 bits per heavy atom. The number of benzene rings is 2. The molecule has 0 amide bonds. The van der Waals surface area contributed by atoms with Gasteiger partial charge in [-0.2, -0.15) is 0 Å². The fourth-order valence-electron chi connectivity index (χ4n) is 2.54. The third kappa shape index (κ3) is 3.92. The summed E-state index contributed by atoms with van der Waals surface area (Å²) in [5.41, 5.74) is 1.23. The second kappa shape index (κ2) is 7.93. The summed E-state index contributed by atoms with van der Waals surface area (Å²) in [4.78, 5) is 13.9. The second-order valence-electron chi connectivity index (χ2n) is 5.58. The molecular formula is C21H20O2S. The lowest BCUT2D eigenvalue weighted by Crippen LogP contribution is -2.01. The summed E-state index contributed by atoms with van der Waals surface area (Å²) in [5, 5.41) is 2.48. The zero-order valence-electron chi connectivity index (χ0n) is 13.7. The highest BCUT2D eigenvalue weighted by Gasteiger charge is 2.06. The molecule has 0 unspecified atom stereocenters. The molecule has 0 radical (unpaired) electrons. The molecule has 0 aliphatic carbocycles. The zero-order valence-corrected chi connectivity index (χ0v) is 14.5. The minimum Gasteiger partial charge on any atom is -0.463 e. The van der Waals surface area contributed by atoms with E-state index in [1.54, 1.807) is 11.3 Å². The van der Waals surface area contributed by atoms with Crippen LogP contribution >= 0.6 is 11.3 Å². The van der Waals surface area contributed by atoms with Crippen molar-refractivity contribution in [3.8, 4) is 10.4 Å². The van der Waals surface area contributed by atoms with Crippen LogP contribution in [0.25, 0.3) is 27.3 Å². The number of carbonyl (C=O) groups excluding carboxylic acids is 1. The van der Waals surface area contributed by atoms with E-state index in [0.717, 1.165) is 17.7 Å². The number of fused-ring (bicyclic) bond motifs is 1. The molecule has 0 aliphatic rings. The quantitative estimate of drug-likeness (QED) is 0.317. The molecule has 0 spiro atoms. The van der Waals surface area contributed by atoms with E-state index < -0.39 is 0 Å². The lowest BCUT2D eigenvalue weighted by molar-refractivity contribution is -0.137. The van der Waals surface area contributed by atoms with Crippen molar-refractivity contribution in [3.05, 3.63) is 65.6 Å². The molecule has 122 valence electrons. The summed E-state index contributed by atoms with van der Waals surface area (Å²) >= 11 is 1.68. The molecule has 3 rings (SSSR count). The molecule has 3 heteroatoms. The third-order valence-electron chi connectivity index (χ3n) is 3.81. The highest BCUT2D eigenvalue weighted by Crippen LogP contribution is 2.34. The van der Waals surface area contributed by atoms with Crippen LogP contribution in [0.4, 0.5) is 0 Å². The van der Waals surface area contributed by atoms with Gasteiger partial charge in [-0.3, -0.25) is 0 Å². The number of unbranched alkanes of at least 4 members (excludes halogenated alkanes) is 1. The molecule has 24 heavy (non-hydrogen) atoms. The number of hydrogen-bond acceptors (Lipinski definition) is 3.